The highest BCUT2D eigenvalue weighted by Gasteiger charge is 2.47. The summed E-state index contributed by atoms with van der Waals surface area (Å²) in [4.78, 5) is 0. The lowest BCUT2D eigenvalue weighted by Gasteiger charge is -2.35. The van der Waals surface area contributed by atoms with Crippen LogP contribution in [0.15, 0.2) is 158 Å². The second-order valence-corrected chi connectivity index (χ2v) is 16.9. The molecule has 4 nitrogen and oxygen atoms in total. The van der Waals surface area contributed by atoms with Crippen LogP contribution >= 0.6 is 0 Å². The van der Waals surface area contributed by atoms with E-state index in [-0.39, 0.29) is 0 Å². The summed E-state index contributed by atoms with van der Waals surface area (Å²) in [6, 6.07) is 57.0. The number of fused-ring (bicyclic) bond motifs is 6. The molecular weight excluding hydrogens is 729 g/mol. The number of aryl methyl sites for hydroxylation is 6. The number of benzene rings is 8. The van der Waals surface area contributed by atoms with Crippen LogP contribution in [0.25, 0.3) is 22.3 Å². The van der Waals surface area contributed by atoms with Gasteiger partial charge in [-0.2, -0.15) is 0 Å². The predicted octanol–water partition coefficient (Wildman–Crippen LogP) is 12.3. The van der Waals surface area contributed by atoms with E-state index in [1.807, 2.05) is 12.1 Å². The molecule has 60 heavy (non-hydrogen) atoms. The maximum Gasteiger partial charge on any atom is 0.0714 e. The van der Waals surface area contributed by atoms with Gasteiger partial charge >= 0.3 is 0 Å². The van der Waals surface area contributed by atoms with Crippen molar-refractivity contribution in [1.29, 1.82) is 0 Å². The second-order valence-electron chi connectivity index (χ2n) is 16.9. The van der Waals surface area contributed by atoms with E-state index in [4.69, 9.17) is 22.9 Å². The molecule has 0 bridgehead atoms. The molecule has 4 heteroatoms. The van der Waals surface area contributed by atoms with Gasteiger partial charge in [0.2, 0.25) is 0 Å². The van der Waals surface area contributed by atoms with Crippen molar-refractivity contribution in [3.63, 3.8) is 0 Å². The van der Waals surface area contributed by atoms with Crippen molar-refractivity contribution in [1.82, 2.24) is 0 Å². The van der Waals surface area contributed by atoms with Crippen LogP contribution in [0.5, 0.6) is 0 Å². The molecule has 8 aromatic rings. The number of rotatable bonds is 4. The Morgan fingerprint density at radius 1 is 0.283 bits per heavy atom. The molecule has 0 heterocycles. The van der Waals surface area contributed by atoms with Gasteiger partial charge in [0, 0.05) is 22.7 Å². The average molecular weight is 781 g/mol. The molecule has 0 unspecified atom stereocenters. The van der Waals surface area contributed by atoms with Gasteiger partial charge in [-0.3, -0.25) is 0 Å². The molecule has 0 spiro atoms. The molecular formula is C56H52N4. The van der Waals surface area contributed by atoms with Gasteiger partial charge < -0.3 is 22.9 Å². The van der Waals surface area contributed by atoms with Gasteiger partial charge in [0.15, 0.2) is 0 Å². The first-order valence-corrected chi connectivity index (χ1v) is 20.7. The lowest BCUT2D eigenvalue weighted by molar-refractivity contribution is 0.764. The van der Waals surface area contributed by atoms with E-state index in [1.54, 1.807) is 0 Å². The molecule has 0 atom stereocenters. The fourth-order valence-electron chi connectivity index (χ4n) is 10.2. The van der Waals surface area contributed by atoms with Crippen LogP contribution in [0.1, 0.15) is 77.9 Å². The summed E-state index contributed by atoms with van der Waals surface area (Å²) >= 11 is 0. The van der Waals surface area contributed by atoms with Crippen LogP contribution in [0.2, 0.25) is 0 Å². The molecule has 0 amide bonds. The fourth-order valence-corrected chi connectivity index (χ4v) is 10.2. The molecule has 10 rings (SSSR count). The van der Waals surface area contributed by atoms with Crippen molar-refractivity contribution in [2.75, 3.05) is 22.9 Å². The van der Waals surface area contributed by atoms with Crippen LogP contribution < -0.4 is 22.9 Å². The Morgan fingerprint density at radius 2 is 0.533 bits per heavy atom. The number of hydrogen-bond donors (Lipinski definition) is 4. The highest BCUT2D eigenvalue weighted by atomic mass is 14.6. The number of nitrogens with two attached hydrogens (primary N) is 4. The third kappa shape index (κ3) is 5.58. The lowest BCUT2D eigenvalue weighted by Crippen LogP contribution is -2.29. The molecule has 296 valence electrons. The maximum absolute atomic E-state index is 6.37. The van der Waals surface area contributed by atoms with Gasteiger partial charge in [0.05, 0.1) is 10.8 Å². The predicted molar refractivity (Wildman–Crippen MR) is 254 cm³/mol. The summed E-state index contributed by atoms with van der Waals surface area (Å²) in [6.07, 6.45) is 0. The Balaban J connectivity index is 0.000000154. The zero-order chi connectivity index (χ0) is 42.1. The molecule has 2 aliphatic carbocycles. The van der Waals surface area contributed by atoms with Gasteiger partial charge in [-0.25, -0.2) is 0 Å². The van der Waals surface area contributed by atoms with Crippen LogP contribution in [-0.2, 0) is 10.8 Å². The molecule has 2 aliphatic rings. The van der Waals surface area contributed by atoms with Crippen molar-refractivity contribution < 1.29 is 0 Å². The summed E-state index contributed by atoms with van der Waals surface area (Å²) in [5.74, 6) is 0. The van der Waals surface area contributed by atoms with Crippen molar-refractivity contribution >= 4 is 22.7 Å². The largest absolute Gasteiger partial charge is 0.399 e. The first-order valence-electron chi connectivity index (χ1n) is 20.7. The SMILES string of the molecule is Cc1cc(C2(c3cc(C)c(N)c(C)c3)c3ccccc3-c3ccccc32)cc(C)c1N.Cc1cc(C2(c3ccc(N)c(C)c3)c3ccccc3-c3ccccc32)ccc1N. The Morgan fingerprint density at radius 3 is 0.817 bits per heavy atom. The first kappa shape index (κ1) is 38.5. The molecule has 0 aliphatic heterocycles. The first-order chi connectivity index (χ1) is 28.9. The normalized spacial score (nSPS) is 13.7. The third-order valence-electron chi connectivity index (χ3n) is 13.4. The Bertz CT molecular complexity index is 2760. The topological polar surface area (TPSA) is 104 Å². The Hall–Kier alpha value is -7.04. The number of hydrogen-bond acceptors (Lipinski definition) is 4. The Labute approximate surface area is 354 Å². The minimum atomic E-state index is -0.417. The monoisotopic (exact) mass is 780 g/mol. The van der Waals surface area contributed by atoms with Crippen LogP contribution in [-0.4, -0.2) is 0 Å². The summed E-state index contributed by atoms with van der Waals surface area (Å²) in [5.41, 5.74) is 49.6. The molecule has 0 saturated heterocycles. The van der Waals surface area contributed by atoms with Crippen molar-refractivity contribution in [2.45, 2.75) is 52.4 Å². The summed E-state index contributed by atoms with van der Waals surface area (Å²) in [7, 11) is 0. The summed E-state index contributed by atoms with van der Waals surface area (Å²) < 4.78 is 0. The fraction of sp³-hybridized carbons (Fsp3) is 0.143. The molecule has 0 saturated carbocycles. The van der Waals surface area contributed by atoms with Crippen molar-refractivity contribution in [2.24, 2.45) is 0 Å². The average Bonchev–Trinajstić information content (AvgIpc) is 3.73. The quantitative estimate of drug-likeness (QED) is 0.134. The van der Waals surface area contributed by atoms with E-state index >= 15 is 0 Å². The van der Waals surface area contributed by atoms with Gasteiger partial charge in [0.25, 0.3) is 0 Å². The van der Waals surface area contributed by atoms with Crippen LogP contribution in [0.3, 0.4) is 0 Å². The van der Waals surface area contributed by atoms with Gasteiger partial charge in [-0.05, 0) is 154 Å². The van der Waals surface area contributed by atoms with E-state index in [9.17, 15) is 0 Å². The molecule has 0 aromatic heterocycles. The van der Waals surface area contributed by atoms with Gasteiger partial charge in [-0.1, -0.05) is 146 Å². The Kier molecular flexibility index (Phi) is 9.20. The van der Waals surface area contributed by atoms with E-state index in [0.29, 0.717) is 0 Å². The minimum Gasteiger partial charge on any atom is -0.399 e. The van der Waals surface area contributed by atoms with E-state index in [0.717, 1.165) is 56.1 Å². The van der Waals surface area contributed by atoms with Crippen LogP contribution in [0.4, 0.5) is 22.7 Å². The van der Waals surface area contributed by atoms with E-state index < -0.39 is 10.8 Å². The number of anilines is 4. The zero-order valence-corrected chi connectivity index (χ0v) is 35.3. The molecule has 0 fully saturated rings. The molecule has 0 radical (unpaired) electrons. The minimum absolute atomic E-state index is 0.399. The smallest absolute Gasteiger partial charge is 0.0714 e. The highest BCUT2D eigenvalue weighted by Crippen LogP contribution is 2.58. The van der Waals surface area contributed by atoms with E-state index in [1.165, 1.54) is 66.8 Å². The van der Waals surface area contributed by atoms with Crippen LogP contribution in [0, 0.1) is 41.5 Å². The summed E-state index contributed by atoms with van der Waals surface area (Å²) in [6.45, 7) is 12.6. The van der Waals surface area contributed by atoms with E-state index in [2.05, 4.69) is 187 Å². The summed E-state index contributed by atoms with van der Waals surface area (Å²) in [5, 5.41) is 0. The zero-order valence-electron chi connectivity index (χ0n) is 35.3. The molecule has 8 N–H and O–H groups in total. The highest BCUT2D eigenvalue weighted by molar-refractivity contribution is 5.88. The molecule has 8 aromatic carbocycles. The van der Waals surface area contributed by atoms with Crippen molar-refractivity contribution in [3.8, 4) is 22.3 Å². The van der Waals surface area contributed by atoms with Crippen molar-refractivity contribution in [3.05, 3.63) is 236 Å². The van der Waals surface area contributed by atoms with Gasteiger partial charge in [-0.15, -0.1) is 0 Å². The third-order valence-corrected chi connectivity index (χ3v) is 13.4. The lowest BCUT2D eigenvalue weighted by atomic mass is 9.66. The van der Waals surface area contributed by atoms with Gasteiger partial charge in [0.1, 0.15) is 0 Å². The number of nitrogen functional groups attached to an aromatic ring is 4. The standard InChI is InChI=1S/C29H28N2.C27H24N2/c1-17-13-21(14-18(2)27(17)30)29(22-15-19(3)28(31)20(4)16-22)25-11-7-5-9-23(25)24-10-6-8-12-26(24)29;1-17-15-19(11-13-25(17)28)27(20-12-14-26(29)18(2)16-20)23-9-5-3-7-21(23)22-8-4-6-10-24(22)27/h5-16H,30-31H2,1-4H3;3-16H,28-29H2,1-2H3. The maximum atomic E-state index is 6.37. The second kappa shape index (κ2) is 14.4.